The number of piperazine rings is 1. The Labute approximate surface area is 165 Å². The van der Waals surface area contributed by atoms with Crippen LogP contribution in [0.15, 0.2) is 18.2 Å². The normalized spacial score (nSPS) is 26.0. The first-order valence-corrected chi connectivity index (χ1v) is 10.2. The first-order chi connectivity index (χ1) is 13.4. The van der Waals surface area contributed by atoms with Crippen LogP contribution in [0.1, 0.15) is 48.2 Å². The highest BCUT2D eigenvalue weighted by molar-refractivity contribution is 6.05. The second kappa shape index (κ2) is 7.64. The smallest absolute Gasteiger partial charge is 0.255 e. The molecule has 0 bridgehead atoms. The van der Waals surface area contributed by atoms with Crippen molar-refractivity contribution in [3.05, 3.63) is 34.9 Å². The molecule has 0 radical (unpaired) electrons. The molecule has 3 amide bonds. The molecule has 3 aliphatic heterocycles. The lowest BCUT2D eigenvalue weighted by Gasteiger charge is -2.38. The van der Waals surface area contributed by atoms with Gasteiger partial charge in [0.1, 0.15) is 6.04 Å². The van der Waals surface area contributed by atoms with Crippen molar-refractivity contribution in [2.24, 2.45) is 5.92 Å². The molecule has 0 spiro atoms. The lowest BCUT2D eigenvalue weighted by Crippen LogP contribution is -2.53. The van der Waals surface area contributed by atoms with E-state index in [4.69, 9.17) is 0 Å². The average Bonchev–Trinajstić information content (AvgIpc) is 2.98. The zero-order valence-corrected chi connectivity index (χ0v) is 16.5. The van der Waals surface area contributed by atoms with Gasteiger partial charge in [-0.2, -0.15) is 0 Å². The number of fused-ring (bicyclic) bond motifs is 1. The largest absolute Gasteiger partial charge is 0.322 e. The van der Waals surface area contributed by atoms with Gasteiger partial charge in [0.05, 0.1) is 0 Å². The number of carbonyl (C=O) groups is 3. The minimum absolute atomic E-state index is 0.105. The van der Waals surface area contributed by atoms with Gasteiger partial charge in [0.15, 0.2) is 0 Å². The summed E-state index contributed by atoms with van der Waals surface area (Å²) in [5.41, 5.74) is 2.78. The quantitative estimate of drug-likeness (QED) is 0.753. The Bertz CT molecular complexity index is 807. The van der Waals surface area contributed by atoms with Crippen LogP contribution in [0, 0.1) is 5.92 Å². The van der Waals surface area contributed by atoms with E-state index in [1.165, 1.54) is 0 Å². The van der Waals surface area contributed by atoms with Crippen LogP contribution in [-0.4, -0.2) is 59.2 Å². The summed E-state index contributed by atoms with van der Waals surface area (Å²) in [5, 5.41) is 5.82. The second-order valence-electron chi connectivity index (χ2n) is 8.38. The molecule has 1 aromatic rings. The number of hydrogen-bond donors (Lipinski definition) is 2. The SMILES string of the molecule is CC(C)C1CNCCN1Cc1ccc2c(c1)C(=O)N(C1CCC(=O)NC1=O)C2. The summed E-state index contributed by atoms with van der Waals surface area (Å²) in [6.07, 6.45) is 0.676. The fourth-order valence-corrected chi connectivity index (χ4v) is 4.56. The molecule has 2 fully saturated rings. The maximum atomic E-state index is 13.0. The van der Waals surface area contributed by atoms with E-state index in [-0.39, 0.29) is 24.1 Å². The molecule has 4 rings (SSSR count). The Kier molecular flexibility index (Phi) is 5.21. The number of carbonyl (C=O) groups excluding carboxylic acids is 3. The molecule has 150 valence electrons. The van der Waals surface area contributed by atoms with Crippen LogP contribution in [-0.2, 0) is 22.7 Å². The van der Waals surface area contributed by atoms with E-state index in [1.807, 2.05) is 12.1 Å². The average molecular weight is 384 g/mol. The first kappa shape index (κ1) is 19.1. The molecule has 2 atom stereocenters. The maximum Gasteiger partial charge on any atom is 0.255 e. The molecule has 3 heterocycles. The van der Waals surface area contributed by atoms with Crippen molar-refractivity contribution in [2.75, 3.05) is 19.6 Å². The van der Waals surface area contributed by atoms with Crippen molar-refractivity contribution in [1.82, 2.24) is 20.4 Å². The van der Waals surface area contributed by atoms with Gasteiger partial charge in [0, 0.05) is 50.7 Å². The summed E-state index contributed by atoms with van der Waals surface area (Å²) >= 11 is 0. The molecule has 2 saturated heterocycles. The number of hydrogen-bond acceptors (Lipinski definition) is 5. The van der Waals surface area contributed by atoms with Crippen LogP contribution in [0.3, 0.4) is 0 Å². The summed E-state index contributed by atoms with van der Waals surface area (Å²) in [5.74, 6) is -0.166. The third kappa shape index (κ3) is 3.56. The molecule has 0 aromatic heterocycles. The maximum absolute atomic E-state index is 13.0. The zero-order chi connectivity index (χ0) is 19.8. The summed E-state index contributed by atoms with van der Waals surface area (Å²) in [6, 6.07) is 6.03. The van der Waals surface area contributed by atoms with E-state index >= 15 is 0 Å². The van der Waals surface area contributed by atoms with Gasteiger partial charge in [0.25, 0.3) is 5.91 Å². The number of benzene rings is 1. The molecule has 7 nitrogen and oxygen atoms in total. The number of nitrogens with zero attached hydrogens (tertiary/aromatic N) is 2. The fourth-order valence-electron chi connectivity index (χ4n) is 4.56. The van der Waals surface area contributed by atoms with Gasteiger partial charge in [-0.1, -0.05) is 26.0 Å². The van der Waals surface area contributed by atoms with Crippen LogP contribution in [0.4, 0.5) is 0 Å². The van der Waals surface area contributed by atoms with Crippen molar-refractivity contribution < 1.29 is 14.4 Å². The number of nitrogens with one attached hydrogen (secondary N) is 2. The van der Waals surface area contributed by atoms with E-state index < -0.39 is 6.04 Å². The summed E-state index contributed by atoms with van der Waals surface area (Å²) in [4.78, 5) is 40.6. The lowest BCUT2D eigenvalue weighted by molar-refractivity contribution is -0.136. The van der Waals surface area contributed by atoms with E-state index in [0.717, 1.165) is 37.3 Å². The predicted molar refractivity (Wildman–Crippen MR) is 104 cm³/mol. The van der Waals surface area contributed by atoms with Gasteiger partial charge in [0.2, 0.25) is 11.8 Å². The van der Waals surface area contributed by atoms with Crippen molar-refractivity contribution in [2.45, 2.75) is 51.9 Å². The highest BCUT2D eigenvalue weighted by atomic mass is 16.2. The third-order valence-corrected chi connectivity index (χ3v) is 6.15. The van der Waals surface area contributed by atoms with E-state index in [1.54, 1.807) is 4.90 Å². The first-order valence-electron chi connectivity index (χ1n) is 10.2. The third-order valence-electron chi connectivity index (χ3n) is 6.15. The minimum Gasteiger partial charge on any atom is -0.322 e. The van der Waals surface area contributed by atoms with Crippen LogP contribution in [0.2, 0.25) is 0 Å². The van der Waals surface area contributed by atoms with Crippen LogP contribution in [0.25, 0.3) is 0 Å². The van der Waals surface area contributed by atoms with E-state index in [2.05, 4.69) is 35.4 Å². The molecular weight excluding hydrogens is 356 g/mol. The fraction of sp³-hybridized carbons (Fsp3) is 0.571. The van der Waals surface area contributed by atoms with Gasteiger partial charge in [-0.05, 0) is 29.5 Å². The van der Waals surface area contributed by atoms with Crippen molar-refractivity contribution >= 4 is 17.7 Å². The summed E-state index contributed by atoms with van der Waals surface area (Å²) < 4.78 is 0. The minimum atomic E-state index is -0.556. The number of amides is 3. The molecule has 0 aliphatic carbocycles. The Balaban J connectivity index is 1.50. The van der Waals surface area contributed by atoms with Crippen LogP contribution >= 0.6 is 0 Å². The topological polar surface area (TPSA) is 81.8 Å². The van der Waals surface area contributed by atoms with Crippen molar-refractivity contribution in [1.29, 1.82) is 0 Å². The highest BCUT2D eigenvalue weighted by Crippen LogP contribution is 2.29. The lowest BCUT2D eigenvalue weighted by atomic mass is 9.99. The van der Waals surface area contributed by atoms with Gasteiger partial charge < -0.3 is 10.2 Å². The predicted octanol–water partition coefficient (Wildman–Crippen LogP) is 0.877. The molecule has 7 heteroatoms. The Morgan fingerprint density at radius 1 is 1.21 bits per heavy atom. The Morgan fingerprint density at radius 2 is 2.04 bits per heavy atom. The molecule has 28 heavy (non-hydrogen) atoms. The van der Waals surface area contributed by atoms with Gasteiger partial charge in [-0.15, -0.1) is 0 Å². The summed E-state index contributed by atoms with van der Waals surface area (Å²) in [6.45, 7) is 8.72. The van der Waals surface area contributed by atoms with Gasteiger partial charge in [-0.25, -0.2) is 0 Å². The van der Waals surface area contributed by atoms with E-state index in [9.17, 15) is 14.4 Å². The highest BCUT2D eigenvalue weighted by Gasteiger charge is 2.39. The zero-order valence-electron chi connectivity index (χ0n) is 16.5. The number of piperidine rings is 1. The molecule has 2 N–H and O–H groups in total. The van der Waals surface area contributed by atoms with Gasteiger partial charge in [-0.3, -0.25) is 24.6 Å². The second-order valence-corrected chi connectivity index (χ2v) is 8.38. The monoisotopic (exact) mass is 384 g/mol. The Hall–Kier alpha value is -2.25. The van der Waals surface area contributed by atoms with Crippen molar-refractivity contribution in [3.63, 3.8) is 0 Å². The molecule has 0 saturated carbocycles. The molecule has 1 aromatic carbocycles. The van der Waals surface area contributed by atoms with E-state index in [0.29, 0.717) is 30.5 Å². The van der Waals surface area contributed by atoms with Crippen LogP contribution in [0.5, 0.6) is 0 Å². The number of rotatable bonds is 4. The molecule has 2 unspecified atom stereocenters. The number of imide groups is 1. The van der Waals surface area contributed by atoms with Crippen LogP contribution < -0.4 is 10.6 Å². The molecule has 3 aliphatic rings. The van der Waals surface area contributed by atoms with Crippen molar-refractivity contribution in [3.8, 4) is 0 Å². The molecular formula is C21H28N4O3. The van der Waals surface area contributed by atoms with Gasteiger partial charge >= 0.3 is 0 Å². The summed E-state index contributed by atoms with van der Waals surface area (Å²) in [7, 11) is 0. The standard InChI is InChI=1S/C21H28N4O3/c1-13(2)18-10-22-7-8-24(18)11-14-3-4-15-12-25(21(28)16(15)9-14)17-5-6-19(26)23-20(17)27/h3-4,9,13,17-18,22H,5-8,10-12H2,1-2H3,(H,23,26,27). The Morgan fingerprint density at radius 3 is 2.79 bits per heavy atom.